The van der Waals surface area contributed by atoms with Crippen molar-refractivity contribution < 1.29 is 9.53 Å². The maximum absolute atomic E-state index is 12.0. The minimum atomic E-state index is -0.390. The molecule has 5 nitrogen and oxygen atoms in total. The molecule has 0 unspecified atom stereocenters. The van der Waals surface area contributed by atoms with Crippen LogP contribution in [0, 0.1) is 24.3 Å². The van der Waals surface area contributed by atoms with E-state index in [0.717, 1.165) is 22.6 Å². The average molecular weight is 556 g/mol. The second-order valence-corrected chi connectivity index (χ2v) is 8.76. The van der Waals surface area contributed by atoms with Crippen LogP contribution in [0.5, 0.6) is 5.75 Å². The number of amides is 1. The first-order chi connectivity index (χ1) is 14.3. The average Bonchev–Trinajstić information content (AvgIpc) is 2.97. The number of hydrazone groups is 1. The lowest BCUT2D eigenvalue weighted by molar-refractivity contribution is -0.123. The molecule has 3 aromatic rings. The standard InChI is InChI=1S/C22H20Cl2IN3O2/c1-13-8-18(5-6-20(13)25)28-14(2)9-16(15(28)3)11-26-27-22(29)12-30-21-7-4-17(23)10-19(21)24/h4-11H,12H2,1-3H3,(H,27,29)/b26-11+. The van der Waals surface area contributed by atoms with E-state index in [1.54, 1.807) is 24.4 Å². The van der Waals surface area contributed by atoms with Gasteiger partial charge in [0, 0.05) is 31.2 Å². The summed E-state index contributed by atoms with van der Waals surface area (Å²) in [6, 6.07) is 13.2. The van der Waals surface area contributed by atoms with Crippen LogP contribution < -0.4 is 10.2 Å². The molecule has 1 N–H and O–H groups in total. The van der Waals surface area contributed by atoms with Gasteiger partial charge in [-0.05, 0) is 91.4 Å². The van der Waals surface area contributed by atoms with Crippen LogP contribution in [0.1, 0.15) is 22.5 Å². The number of aromatic nitrogens is 1. The molecule has 0 bridgehead atoms. The first-order valence-corrected chi connectivity index (χ1v) is 10.9. The maximum Gasteiger partial charge on any atom is 0.277 e. The van der Waals surface area contributed by atoms with E-state index >= 15 is 0 Å². The number of benzene rings is 2. The third-order valence-corrected chi connectivity index (χ3v) is 6.26. The molecule has 8 heteroatoms. The second-order valence-electron chi connectivity index (χ2n) is 6.75. The molecule has 0 aliphatic heterocycles. The van der Waals surface area contributed by atoms with Crippen molar-refractivity contribution in [1.82, 2.24) is 9.99 Å². The van der Waals surface area contributed by atoms with Gasteiger partial charge < -0.3 is 9.30 Å². The number of nitrogens with zero attached hydrogens (tertiary/aromatic N) is 2. The van der Waals surface area contributed by atoms with Crippen molar-refractivity contribution in [2.75, 3.05) is 6.61 Å². The van der Waals surface area contributed by atoms with Crippen molar-refractivity contribution in [2.24, 2.45) is 5.10 Å². The molecular formula is C22H20Cl2IN3O2. The number of carbonyl (C=O) groups excluding carboxylic acids is 1. The van der Waals surface area contributed by atoms with Crippen molar-refractivity contribution in [3.05, 3.63) is 78.6 Å². The van der Waals surface area contributed by atoms with Crippen molar-refractivity contribution in [3.8, 4) is 11.4 Å². The van der Waals surface area contributed by atoms with Gasteiger partial charge in [-0.1, -0.05) is 23.2 Å². The summed E-state index contributed by atoms with van der Waals surface area (Å²) in [4.78, 5) is 12.0. The molecule has 30 heavy (non-hydrogen) atoms. The quantitative estimate of drug-likeness (QED) is 0.236. The molecule has 0 saturated heterocycles. The molecule has 3 rings (SSSR count). The molecule has 1 amide bonds. The highest BCUT2D eigenvalue weighted by molar-refractivity contribution is 14.1. The Balaban J connectivity index is 1.65. The smallest absolute Gasteiger partial charge is 0.277 e. The summed E-state index contributed by atoms with van der Waals surface area (Å²) < 4.78 is 8.79. The van der Waals surface area contributed by atoms with E-state index in [0.29, 0.717) is 15.8 Å². The van der Waals surface area contributed by atoms with Crippen molar-refractivity contribution in [2.45, 2.75) is 20.8 Å². The van der Waals surface area contributed by atoms with Gasteiger partial charge in [0.2, 0.25) is 0 Å². The van der Waals surface area contributed by atoms with Gasteiger partial charge in [0.15, 0.2) is 6.61 Å². The van der Waals surface area contributed by atoms with Crippen LogP contribution in [0.15, 0.2) is 47.6 Å². The van der Waals surface area contributed by atoms with E-state index in [-0.39, 0.29) is 12.5 Å². The lowest BCUT2D eigenvalue weighted by Crippen LogP contribution is -2.24. The van der Waals surface area contributed by atoms with Crippen molar-refractivity contribution >= 4 is 57.9 Å². The van der Waals surface area contributed by atoms with Crippen LogP contribution in [0.2, 0.25) is 10.0 Å². The van der Waals surface area contributed by atoms with E-state index < -0.39 is 0 Å². The van der Waals surface area contributed by atoms with Gasteiger partial charge in [0.05, 0.1) is 11.2 Å². The summed E-state index contributed by atoms with van der Waals surface area (Å²) >= 11 is 14.2. The first kappa shape index (κ1) is 22.7. The third-order valence-electron chi connectivity index (χ3n) is 4.52. The Labute approximate surface area is 199 Å². The topological polar surface area (TPSA) is 55.6 Å². The Morgan fingerprint density at radius 2 is 1.93 bits per heavy atom. The lowest BCUT2D eigenvalue weighted by atomic mass is 10.2. The number of ether oxygens (including phenoxy) is 1. The van der Waals surface area contributed by atoms with Gasteiger partial charge in [-0.3, -0.25) is 4.79 Å². The van der Waals surface area contributed by atoms with E-state index in [2.05, 4.69) is 62.8 Å². The SMILES string of the molecule is Cc1cc(-n2c(C)cc(/C=N/NC(=O)COc3ccc(Cl)cc3Cl)c2C)ccc1I. The van der Waals surface area contributed by atoms with Crippen LogP contribution in [0.3, 0.4) is 0 Å². The predicted octanol–water partition coefficient (Wildman–Crippen LogP) is 5.84. The van der Waals surface area contributed by atoms with Crippen molar-refractivity contribution in [3.63, 3.8) is 0 Å². The van der Waals surface area contributed by atoms with Crippen LogP contribution in [-0.2, 0) is 4.79 Å². The Bertz CT molecular complexity index is 1130. The van der Waals surface area contributed by atoms with Crippen LogP contribution in [-0.4, -0.2) is 23.3 Å². The summed E-state index contributed by atoms with van der Waals surface area (Å²) in [7, 11) is 0. The zero-order valence-corrected chi connectivity index (χ0v) is 20.3. The normalized spacial score (nSPS) is 11.1. The Kier molecular flexibility index (Phi) is 7.44. The number of hydrogen-bond donors (Lipinski definition) is 1. The fourth-order valence-corrected chi connectivity index (χ4v) is 3.82. The number of rotatable bonds is 6. The zero-order valence-electron chi connectivity index (χ0n) is 16.7. The molecule has 0 atom stereocenters. The third kappa shape index (κ3) is 5.36. The predicted molar refractivity (Wildman–Crippen MR) is 130 cm³/mol. The summed E-state index contributed by atoms with van der Waals surface area (Å²) in [5, 5.41) is 4.90. The van der Waals surface area contributed by atoms with Gasteiger partial charge in [-0.15, -0.1) is 0 Å². The monoisotopic (exact) mass is 555 g/mol. The van der Waals surface area contributed by atoms with E-state index in [1.165, 1.54) is 9.13 Å². The number of aryl methyl sites for hydroxylation is 2. The number of carbonyl (C=O) groups is 1. The van der Waals surface area contributed by atoms with Crippen LogP contribution in [0.25, 0.3) is 5.69 Å². The molecule has 0 fully saturated rings. The first-order valence-electron chi connectivity index (χ1n) is 9.11. The molecule has 0 saturated carbocycles. The molecular weight excluding hydrogens is 536 g/mol. The highest BCUT2D eigenvalue weighted by Crippen LogP contribution is 2.27. The second kappa shape index (κ2) is 9.85. The highest BCUT2D eigenvalue weighted by atomic mass is 127. The van der Waals surface area contributed by atoms with Crippen LogP contribution >= 0.6 is 45.8 Å². The molecule has 156 valence electrons. The number of nitrogens with one attached hydrogen (secondary N) is 1. The largest absolute Gasteiger partial charge is 0.482 e. The Morgan fingerprint density at radius 3 is 2.63 bits per heavy atom. The fraction of sp³-hybridized carbons (Fsp3) is 0.182. The zero-order chi connectivity index (χ0) is 21.8. The molecule has 2 aromatic carbocycles. The van der Waals surface area contributed by atoms with Gasteiger partial charge in [0.1, 0.15) is 5.75 Å². The molecule has 1 heterocycles. The fourth-order valence-electron chi connectivity index (χ4n) is 3.03. The molecule has 0 spiro atoms. The van der Waals surface area contributed by atoms with E-state index in [1.807, 2.05) is 19.9 Å². The summed E-state index contributed by atoms with van der Waals surface area (Å²) in [5.41, 5.74) is 7.84. The van der Waals surface area contributed by atoms with Gasteiger partial charge in [-0.25, -0.2) is 5.43 Å². The maximum atomic E-state index is 12.0. The summed E-state index contributed by atoms with van der Waals surface area (Å²) in [5.74, 6) is -0.00380. The summed E-state index contributed by atoms with van der Waals surface area (Å²) in [6.07, 6.45) is 1.63. The molecule has 1 aromatic heterocycles. The van der Waals surface area contributed by atoms with Crippen molar-refractivity contribution in [1.29, 1.82) is 0 Å². The molecule has 0 aliphatic carbocycles. The summed E-state index contributed by atoms with van der Waals surface area (Å²) in [6.45, 7) is 5.95. The highest BCUT2D eigenvalue weighted by Gasteiger charge is 2.11. The minimum Gasteiger partial charge on any atom is -0.482 e. The van der Waals surface area contributed by atoms with E-state index in [9.17, 15) is 4.79 Å². The molecule has 0 radical (unpaired) electrons. The minimum absolute atomic E-state index is 0.209. The Hall–Kier alpha value is -2.03. The lowest BCUT2D eigenvalue weighted by Gasteiger charge is -2.11. The van der Waals surface area contributed by atoms with Gasteiger partial charge in [0.25, 0.3) is 5.91 Å². The number of halogens is 3. The Morgan fingerprint density at radius 1 is 1.17 bits per heavy atom. The van der Waals surface area contributed by atoms with Gasteiger partial charge >= 0.3 is 0 Å². The number of hydrogen-bond acceptors (Lipinski definition) is 3. The van der Waals surface area contributed by atoms with Gasteiger partial charge in [-0.2, -0.15) is 5.10 Å². The van der Waals surface area contributed by atoms with Crippen LogP contribution in [0.4, 0.5) is 0 Å². The molecule has 0 aliphatic rings. The van der Waals surface area contributed by atoms with E-state index in [4.69, 9.17) is 27.9 Å².